The van der Waals surface area contributed by atoms with Crippen molar-refractivity contribution in [2.45, 2.75) is 52.9 Å². The van der Waals surface area contributed by atoms with E-state index in [1.165, 1.54) is 45.4 Å². The van der Waals surface area contributed by atoms with Crippen LogP contribution in [0.1, 0.15) is 62.6 Å². The molecule has 176 valence electrons. The zero-order chi connectivity index (χ0) is 24.5. The lowest BCUT2D eigenvalue weighted by atomic mass is 9.96. The number of methoxy groups -OCH3 is 1. The SMILES string of the molecule is CCC(C)c1ccc(-c2ccc(C)cc2)cc1.COc1ccc(-c2ccc(C(C)C)cc2)cc1. The molecule has 0 spiro atoms. The van der Waals surface area contributed by atoms with Crippen LogP contribution in [0.3, 0.4) is 0 Å². The van der Waals surface area contributed by atoms with E-state index in [0.717, 1.165) is 5.75 Å². The Labute approximate surface area is 206 Å². The van der Waals surface area contributed by atoms with E-state index in [4.69, 9.17) is 4.74 Å². The van der Waals surface area contributed by atoms with Gasteiger partial charge >= 0.3 is 0 Å². The summed E-state index contributed by atoms with van der Waals surface area (Å²) >= 11 is 0. The van der Waals surface area contributed by atoms with Crippen molar-refractivity contribution in [2.24, 2.45) is 0 Å². The summed E-state index contributed by atoms with van der Waals surface area (Å²) in [6.45, 7) is 11.1. The molecule has 0 radical (unpaired) electrons. The zero-order valence-electron chi connectivity index (χ0n) is 21.5. The van der Waals surface area contributed by atoms with Gasteiger partial charge in [0.15, 0.2) is 0 Å². The predicted octanol–water partition coefficient (Wildman–Crippen LogP) is 9.66. The van der Waals surface area contributed by atoms with Gasteiger partial charge in [-0.3, -0.25) is 0 Å². The second kappa shape index (κ2) is 12.2. The maximum atomic E-state index is 5.16. The fourth-order valence-electron chi connectivity index (χ4n) is 3.83. The van der Waals surface area contributed by atoms with Crippen molar-refractivity contribution in [2.75, 3.05) is 7.11 Å². The van der Waals surface area contributed by atoms with Crippen molar-refractivity contribution < 1.29 is 4.74 Å². The molecule has 0 bridgehead atoms. The smallest absolute Gasteiger partial charge is 0.118 e. The third-order valence-corrected chi connectivity index (χ3v) is 6.48. The summed E-state index contributed by atoms with van der Waals surface area (Å²) in [6.07, 6.45) is 1.20. The molecule has 34 heavy (non-hydrogen) atoms. The molecule has 0 saturated carbocycles. The molecule has 0 heterocycles. The molecule has 0 aromatic heterocycles. The number of ether oxygens (including phenoxy) is 1. The summed E-state index contributed by atoms with van der Waals surface area (Å²) in [5, 5.41) is 0. The Morgan fingerprint density at radius 1 is 0.559 bits per heavy atom. The van der Waals surface area contributed by atoms with Crippen molar-refractivity contribution in [3.63, 3.8) is 0 Å². The van der Waals surface area contributed by atoms with Crippen LogP contribution in [0.5, 0.6) is 5.75 Å². The average Bonchev–Trinajstić information content (AvgIpc) is 2.89. The Morgan fingerprint density at radius 3 is 1.32 bits per heavy atom. The number of aryl methyl sites for hydroxylation is 1. The van der Waals surface area contributed by atoms with E-state index in [0.29, 0.717) is 11.8 Å². The summed E-state index contributed by atoms with van der Waals surface area (Å²) < 4.78 is 5.16. The molecule has 0 fully saturated rings. The monoisotopic (exact) mass is 450 g/mol. The minimum Gasteiger partial charge on any atom is -0.497 e. The van der Waals surface area contributed by atoms with E-state index < -0.39 is 0 Å². The van der Waals surface area contributed by atoms with Crippen LogP contribution in [0.4, 0.5) is 0 Å². The molecule has 0 aliphatic carbocycles. The fourth-order valence-corrected chi connectivity index (χ4v) is 3.83. The zero-order valence-corrected chi connectivity index (χ0v) is 21.5. The summed E-state index contributed by atoms with van der Waals surface area (Å²) in [7, 11) is 1.69. The van der Waals surface area contributed by atoms with Gasteiger partial charge in [-0.25, -0.2) is 0 Å². The Kier molecular flexibility index (Phi) is 9.10. The molecule has 0 saturated heterocycles. The van der Waals surface area contributed by atoms with E-state index in [1.54, 1.807) is 7.11 Å². The first kappa shape index (κ1) is 25.3. The molecule has 1 unspecified atom stereocenters. The van der Waals surface area contributed by atoms with Crippen LogP contribution in [-0.4, -0.2) is 7.11 Å². The quantitative estimate of drug-likeness (QED) is 0.284. The Morgan fingerprint density at radius 2 is 0.941 bits per heavy atom. The van der Waals surface area contributed by atoms with Gasteiger partial charge in [0.05, 0.1) is 7.11 Å². The van der Waals surface area contributed by atoms with Crippen LogP contribution in [0.15, 0.2) is 97.1 Å². The largest absolute Gasteiger partial charge is 0.497 e. The van der Waals surface area contributed by atoms with Crippen molar-refractivity contribution in [3.8, 4) is 28.0 Å². The normalized spacial score (nSPS) is 11.5. The van der Waals surface area contributed by atoms with Gasteiger partial charge in [-0.15, -0.1) is 0 Å². The highest BCUT2D eigenvalue weighted by Gasteiger charge is 2.03. The highest BCUT2D eigenvalue weighted by atomic mass is 16.5. The molecule has 1 nitrogen and oxygen atoms in total. The summed E-state index contributed by atoms with van der Waals surface area (Å²) in [6, 6.07) is 34.6. The minimum atomic E-state index is 0.583. The van der Waals surface area contributed by atoms with Crippen LogP contribution in [0.2, 0.25) is 0 Å². The maximum Gasteiger partial charge on any atom is 0.118 e. The topological polar surface area (TPSA) is 9.23 Å². The Balaban J connectivity index is 0.000000191. The molecule has 4 aromatic rings. The van der Waals surface area contributed by atoms with Gasteiger partial charge in [-0.05, 0) is 70.7 Å². The first-order valence-electron chi connectivity index (χ1n) is 12.3. The summed E-state index contributed by atoms with van der Waals surface area (Å²) in [5.41, 5.74) is 9.19. The van der Waals surface area contributed by atoms with Gasteiger partial charge in [0.2, 0.25) is 0 Å². The second-order valence-electron chi connectivity index (χ2n) is 9.30. The van der Waals surface area contributed by atoms with Gasteiger partial charge in [-0.1, -0.05) is 118 Å². The highest BCUT2D eigenvalue weighted by Crippen LogP contribution is 2.25. The Bertz CT molecular complexity index is 1120. The molecule has 4 aromatic carbocycles. The third-order valence-electron chi connectivity index (χ3n) is 6.48. The predicted molar refractivity (Wildman–Crippen MR) is 148 cm³/mol. The fraction of sp³-hybridized carbons (Fsp3) is 0.273. The van der Waals surface area contributed by atoms with E-state index in [2.05, 4.69) is 120 Å². The Hall–Kier alpha value is -3.32. The van der Waals surface area contributed by atoms with Gasteiger partial charge in [-0.2, -0.15) is 0 Å². The van der Waals surface area contributed by atoms with Crippen LogP contribution in [0.25, 0.3) is 22.3 Å². The van der Waals surface area contributed by atoms with Crippen LogP contribution in [-0.2, 0) is 0 Å². The molecular weight excluding hydrogens is 412 g/mol. The lowest BCUT2D eigenvalue weighted by molar-refractivity contribution is 0.415. The maximum absolute atomic E-state index is 5.16. The molecule has 1 atom stereocenters. The van der Waals surface area contributed by atoms with Gasteiger partial charge < -0.3 is 4.74 Å². The van der Waals surface area contributed by atoms with Gasteiger partial charge in [0.25, 0.3) is 0 Å². The third kappa shape index (κ3) is 6.84. The summed E-state index contributed by atoms with van der Waals surface area (Å²) in [5.74, 6) is 2.13. The van der Waals surface area contributed by atoms with E-state index in [-0.39, 0.29) is 0 Å². The number of benzene rings is 4. The number of rotatable bonds is 6. The lowest BCUT2D eigenvalue weighted by Gasteiger charge is -2.10. The molecule has 0 amide bonds. The molecular formula is C33H38O. The highest BCUT2D eigenvalue weighted by molar-refractivity contribution is 5.65. The van der Waals surface area contributed by atoms with Crippen molar-refractivity contribution >= 4 is 0 Å². The molecule has 0 aliphatic heterocycles. The van der Waals surface area contributed by atoms with Gasteiger partial charge in [0.1, 0.15) is 5.75 Å². The second-order valence-corrected chi connectivity index (χ2v) is 9.30. The molecule has 1 heteroatoms. The van der Waals surface area contributed by atoms with Crippen molar-refractivity contribution in [1.29, 1.82) is 0 Å². The number of hydrogen-bond acceptors (Lipinski definition) is 1. The minimum absolute atomic E-state index is 0.583. The summed E-state index contributed by atoms with van der Waals surface area (Å²) in [4.78, 5) is 0. The standard InChI is InChI=1S/C17H20.C16H18O/c1-4-14(3)15-9-11-17(12-10-15)16-7-5-13(2)6-8-16;1-12(2)13-4-6-14(7-5-13)15-8-10-16(17-3)11-9-15/h5-12,14H,4H2,1-3H3;4-12H,1-3H3. The van der Waals surface area contributed by atoms with Crippen LogP contribution < -0.4 is 4.74 Å². The number of hydrogen-bond donors (Lipinski definition) is 0. The van der Waals surface area contributed by atoms with E-state index >= 15 is 0 Å². The molecule has 4 rings (SSSR count). The molecule has 0 N–H and O–H groups in total. The first-order chi connectivity index (χ1) is 16.4. The van der Waals surface area contributed by atoms with Gasteiger partial charge in [0, 0.05) is 0 Å². The average molecular weight is 451 g/mol. The molecule has 0 aliphatic rings. The van der Waals surface area contributed by atoms with Crippen molar-refractivity contribution in [1.82, 2.24) is 0 Å². The van der Waals surface area contributed by atoms with E-state index in [9.17, 15) is 0 Å². The van der Waals surface area contributed by atoms with Crippen LogP contribution in [0, 0.1) is 6.92 Å². The van der Waals surface area contributed by atoms with E-state index in [1.807, 2.05) is 12.1 Å². The lowest BCUT2D eigenvalue weighted by Crippen LogP contribution is -1.90. The first-order valence-corrected chi connectivity index (χ1v) is 12.3. The van der Waals surface area contributed by atoms with Crippen LogP contribution >= 0.6 is 0 Å². The van der Waals surface area contributed by atoms with Crippen molar-refractivity contribution in [3.05, 3.63) is 114 Å².